The van der Waals surface area contributed by atoms with E-state index >= 15 is 0 Å². The summed E-state index contributed by atoms with van der Waals surface area (Å²) in [5.41, 5.74) is 2.95. The Morgan fingerprint density at radius 1 is 1.10 bits per heavy atom. The van der Waals surface area contributed by atoms with Crippen LogP contribution >= 0.6 is 0 Å². The number of allylic oxidation sites excluding steroid dienone is 3. The highest BCUT2D eigenvalue weighted by Crippen LogP contribution is 2.42. The number of Topliss-reactive ketones (excluding diaryl/α,β-unsaturated/α-hetero) is 1. The second-order valence-corrected chi connectivity index (χ2v) is 7.94. The van der Waals surface area contributed by atoms with E-state index in [1.807, 2.05) is 13.0 Å². The van der Waals surface area contributed by atoms with Gasteiger partial charge < -0.3 is 24.8 Å². The van der Waals surface area contributed by atoms with E-state index in [0.29, 0.717) is 17.9 Å². The molecule has 6 heteroatoms. The average Bonchev–Trinajstić information content (AvgIpc) is 2.71. The number of fused-ring (bicyclic) bond motifs is 1. The molecule has 0 amide bonds. The summed E-state index contributed by atoms with van der Waals surface area (Å²) in [5, 5.41) is 30.2. The molecule has 0 saturated heterocycles. The first-order valence-corrected chi connectivity index (χ1v) is 10.2. The Labute approximate surface area is 182 Å². The Bertz CT molecular complexity index is 999. The molecule has 0 radical (unpaired) electrons. The molecule has 0 fully saturated rings. The number of ether oxygens (including phenoxy) is 2. The highest BCUT2D eigenvalue weighted by atomic mass is 16.5. The summed E-state index contributed by atoms with van der Waals surface area (Å²) in [5.74, 6) is -0.354. The maximum atomic E-state index is 12.7. The Morgan fingerprint density at radius 2 is 1.81 bits per heavy atom. The van der Waals surface area contributed by atoms with Gasteiger partial charge in [-0.3, -0.25) is 4.79 Å². The fraction of sp³-hybridized carbons (Fsp3) is 0.320. The summed E-state index contributed by atoms with van der Waals surface area (Å²) in [4.78, 5) is 12.7. The van der Waals surface area contributed by atoms with E-state index in [0.717, 1.165) is 12.8 Å². The van der Waals surface area contributed by atoms with Crippen LogP contribution in [-0.4, -0.2) is 33.8 Å². The molecule has 2 aromatic carbocycles. The van der Waals surface area contributed by atoms with E-state index < -0.39 is 18.0 Å². The largest absolute Gasteiger partial charge is 0.508 e. The van der Waals surface area contributed by atoms with Crippen molar-refractivity contribution in [1.29, 1.82) is 0 Å². The highest BCUT2D eigenvalue weighted by molar-refractivity contribution is 6.05. The number of carbonyl (C=O) groups excluding carboxylic acids is 1. The Balaban J connectivity index is 1.75. The molecule has 0 spiro atoms. The minimum atomic E-state index is -1.47. The molecule has 1 heterocycles. The lowest BCUT2D eigenvalue weighted by Gasteiger charge is -2.30. The average molecular weight is 424 g/mol. The molecule has 1 aliphatic rings. The van der Waals surface area contributed by atoms with Crippen LogP contribution in [0.15, 0.2) is 59.7 Å². The van der Waals surface area contributed by atoms with Crippen LogP contribution in [0.4, 0.5) is 0 Å². The van der Waals surface area contributed by atoms with Crippen LogP contribution < -0.4 is 9.47 Å². The molecule has 1 aliphatic heterocycles. The van der Waals surface area contributed by atoms with E-state index in [1.54, 1.807) is 18.2 Å². The number of hydrogen-bond donors (Lipinski definition) is 3. The van der Waals surface area contributed by atoms with Crippen molar-refractivity contribution in [3.63, 3.8) is 0 Å². The first-order valence-electron chi connectivity index (χ1n) is 10.2. The van der Waals surface area contributed by atoms with E-state index in [-0.39, 0.29) is 22.8 Å². The van der Waals surface area contributed by atoms with Gasteiger partial charge in [0.1, 0.15) is 35.2 Å². The van der Waals surface area contributed by atoms with E-state index in [4.69, 9.17) is 9.47 Å². The Morgan fingerprint density at radius 3 is 2.48 bits per heavy atom. The van der Waals surface area contributed by atoms with Crippen molar-refractivity contribution in [2.24, 2.45) is 0 Å². The van der Waals surface area contributed by atoms with Gasteiger partial charge in [-0.1, -0.05) is 29.4 Å². The number of phenolic OH excluding ortho intramolecular Hbond substituents is 2. The number of benzene rings is 2. The van der Waals surface area contributed by atoms with Gasteiger partial charge in [0, 0.05) is 12.1 Å². The fourth-order valence-corrected chi connectivity index (χ4v) is 3.37. The first-order chi connectivity index (χ1) is 14.8. The Hall–Kier alpha value is -3.25. The standard InChI is InChI=1S/C25H28O6/c1-15(2)5-4-6-16(3)11-12-30-19-13-20(27)22-21(14-19)31-25(24(29)23(22)28)17-7-9-18(26)10-8-17/h5,7-11,13-14,24-27,29H,4,6,12H2,1-3H3/b16-11+/t24-,25-/m0/s1. The summed E-state index contributed by atoms with van der Waals surface area (Å²) in [6.45, 7) is 6.50. The SMILES string of the molecule is CC(C)=CCC/C(C)=C/COc1cc(O)c2c(c1)O[C@@H](c1ccc(O)cc1)[C@@H](O)C2=O. The molecule has 2 atom stereocenters. The van der Waals surface area contributed by atoms with Crippen LogP contribution in [0, 0.1) is 0 Å². The van der Waals surface area contributed by atoms with Crippen LogP contribution in [0.3, 0.4) is 0 Å². The van der Waals surface area contributed by atoms with Crippen LogP contribution in [0.5, 0.6) is 23.0 Å². The van der Waals surface area contributed by atoms with Gasteiger partial charge in [0.15, 0.2) is 12.2 Å². The van der Waals surface area contributed by atoms with E-state index in [9.17, 15) is 20.1 Å². The summed E-state index contributed by atoms with van der Waals surface area (Å²) >= 11 is 0. The molecule has 0 saturated carbocycles. The second kappa shape index (κ2) is 9.71. The second-order valence-electron chi connectivity index (χ2n) is 7.94. The molecule has 164 valence electrons. The van der Waals surface area contributed by atoms with Crippen molar-refractivity contribution in [1.82, 2.24) is 0 Å². The maximum Gasteiger partial charge on any atom is 0.202 e. The van der Waals surface area contributed by atoms with Crippen molar-refractivity contribution >= 4 is 5.78 Å². The normalized spacial score (nSPS) is 18.2. The lowest BCUT2D eigenvalue weighted by atomic mass is 9.93. The van der Waals surface area contributed by atoms with Gasteiger partial charge >= 0.3 is 0 Å². The molecular weight excluding hydrogens is 396 g/mol. The summed E-state index contributed by atoms with van der Waals surface area (Å²) in [6.07, 6.45) is 3.65. The number of aliphatic hydroxyl groups excluding tert-OH is 1. The maximum absolute atomic E-state index is 12.7. The van der Waals surface area contributed by atoms with Crippen molar-refractivity contribution in [3.8, 4) is 23.0 Å². The van der Waals surface area contributed by atoms with Gasteiger partial charge in [0.25, 0.3) is 0 Å². The van der Waals surface area contributed by atoms with Crippen LogP contribution in [0.2, 0.25) is 0 Å². The third-order valence-corrected chi connectivity index (χ3v) is 5.11. The van der Waals surface area contributed by atoms with Crippen LogP contribution in [-0.2, 0) is 0 Å². The zero-order valence-corrected chi connectivity index (χ0v) is 18.0. The number of phenols is 2. The molecule has 0 aromatic heterocycles. The van der Waals surface area contributed by atoms with Gasteiger partial charge in [-0.2, -0.15) is 0 Å². The number of hydrogen-bond acceptors (Lipinski definition) is 6. The van der Waals surface area contributed by atoms with Crippen molar-refractivity contribution in [3.05, 3.63) is 70.8 Å². The lowest BCUT2D eigenvalue weighted by Crippen LogP contribution is -2.36. The highest BCUT2D eigenvalue weighted by Gasteiger charge is 2.39. The number of ketones is 1. The predicted molar refractivity (Wildman–Crippen MR) is 118 cm³/mol. The molecule has 3 rings (SSSR count). The predicted octanol–water partition coefficient (Wildman–Crippen LogP) is 4.85. The minimum Gasteiger partial charge on any atom is -0.508 e. The number of rotatable bonds is 7. The van der Waals surface area contributed by atoms with Gasteiger partial charge in [-0.25, -0.2) is 0 Å². The van der Waals surface area contributed by atoms with Gasteiger partial charge in [-0.05, 0) is 57.4 Å². The minimum absolute atomic E-state index is 0.0664. The van der Waals surface area contributed by atoms with Crippen LogP contribution in [0.25, 0.3) is 0 Å². The number of carbonyl (C=O) groups is 1. The zero-order chi connectivity index (χ0) is 22.5. The van der Waals surface area contributed by atoms with Gasteiger partial charge in [-0.15, -0.1) is 0 Å². The van der Waals surface area contributed by atoms with Gasteiger partial charge in [0.2, 0.25) is 5.78 Å². The molecule has 0 unspecified atom stereocenters. The molecule has 2 aromatic rings. The summed E-state index contributed by atoms with van der Waals surface area (Å²) < 4.78 is 11.6. The monoisotopic (exact) mass is 424 g/mol. The van der Waals surface area contributed by atoms with E-state index in [1.165, 1.54) is 29.3 Å². The summed E-state index contributed by atoms with van der Waals surface area (Å²) in [6, 6.07) is 8.94. The topological polar surface area (TPSA) is 96.2 Å². The quantitative estimate of drug-likeness (QED) is 0.550. The van der Waals surface area contributed by atoms with Crippen molar-refractivity contribution in [2.75, 3.05) is 6.61 Å². The fourth-order valence-electron chi connectivity index (χ4n) is 3.37. The third kappa shape index (κ3) is 5.47. The van der Waals surface area contributed by atoms with Crippen molar-refractivity contribution < 1.29 is 29.6 Å². The molecule has 3 N–H and O–H groups in total. The van der Waals surface area contributed by atoms with Gasteiger partial charge in [0.05, 0.1) is 0 Å². The summed E-state index contributed by atoms with van der Waals surface area (Å²) in [7, 11) is 0. The third-order valence-electron chi connectivity index (χ3n) is 5.11. The van der Waals surface area contributed by atoms with Crippen LogP contribution in [0.1, 0.15) is 55.6 Å². The molecule has 0 bridgehead atoms. The van der Waals surface area contributed by atoms with E-state index in [2.05, 4.69) is 19.9 Å². The number of aliphatic hydroxyl groups is 1. The molecular formula is C25H28O6. The number of aromatic hydroxyl groups is 2. The zero-order valence-electron chi connectivity index (χ0n) is 18.0. The smallest absolute Gasteiger partial charge is 0.202 e. The van der Waals surface area contributed by atoms with Crippen molar-refractivity contribution in [2.45, 2.75) is 45.8 Å². The molecule has 0 aliphatic carbocycles. The molecule has 31 heavy (non-hydrogen) atoms. The Kier molecular flexibility index (Phi) is 7.02. The molecule has 6 nitrogen and oxygen atoms in total. The lowest BCUT2D eigenvalue weighted by molar-refractivity contribution is 0.0210. The first kappa shape index (κ1) is 22.4.